The van der Waals surface area contributed by atoms with E-state index in [0.717, 1.165) is 44.2 Å². The first-order valence-electron chi connectivity index (χ1n) is 8.74. The lowest BCUT2D eigenvalue weighted by atomic mass is 9.94. The zero-order valence-electron chi connectivity index (χ0n) is 15.3. The molecule has 0 spiro atoms. The smallest absolute Gasteiger partial charge is 0.431 e. The van der Waals surface area contributed by atoms with E-state index in [1.165, 1.54) is 5.56 Å². The summed E-state index contributed by atoms with van der Waals surface area (Å²) in [5, 5.41) is 0.180. The van der Waals surface area contributed by atoms with Crippen molar-refractivity contribution in [3.63, 3.8) is 0 Å². The first-order chi connectivity index (χ1) is 13.4. The lowest BCUT2D eigenvalue weighted by Crippen LogP contribution is -2.21. The molecule has 1 aromatic carbocycles. The van der Waals surface area contributed by atoms with Gasteiger partial charge < -0.3 is 20.2 Å². The number of methoxy groups -OCH3 is 1. The Hall–Kier alpha value is -2.81. The van der Waals surface area contributed by atoms with Crippen molar-refractivity contribution in [1.29, 1.82) is 0 Å². The fourth-order valence-corrected chi connectivity index (χ4v) is 2.97. The van der Waals surface area contributed by atoms with Gasteiger partial charge in [0.2, 0.25) is 0 Å². The van der Waals surface area contributed by atoms with Gasteiger partial charge in [-0.25, -0.2) is 9.97 Å². The second kappa shape index (κ2) is 8.47. The van der Waals surface area contributed by atoms with Gasteiger partial charge in [0.25, 0.3) is 0 Å². The molecular formula is C19H21F3N4O2. The van der Waals surface area contributed by atoms with Crippen molar-refractivity contribution >= 4 is 16.9 Å². The molecule has 1 aliphatic rings. The van der Waals surface area contributed by atoms with E-state index in [4.69, 9.17) is 15.2 Å². The third-order valence-corrected chi connectivity index (χ3v) is 4.45. The molecule has 150 valence electrons. The number of aromatic nitrogens is 3. The molecule has 28 heavy (non-hydrogen) atoms. The number of anilines is 1. The molecule has 6 nitrogen and oxygen atoms in total. The van der Waals surface area contributed by atoms with E-state index < -0.39 is 11.9 Å². The largest absolute Gasteiger partial charge is 0.493 e. The minimum Gasteiger partial charge on any atom is -0.493 e. The van der Waals surface area contributed by atoms with E-state index in [9.17, 15) is 13.2 Å². The number of hydrogen-bond acceptors (Lipinski definition) is 5. The lowest BCUT2D eigenvalue weighted by Gasteiger charge is -2.24. The third-order valence-electron chi connectivity index (χ3n) is 4.45. The number of H-pyrrole nitrogens is 1. The average molecular weight is 394 g/mol. The van der Waals surface area contributed by atoms with Gasteiger partial charge in [-0.15, -0.1) is 0 Å². The molecule has 0 saturated heterocycles. The number of nitrogens with two attached hydrogens (primary N) is 1. The minimum atomic E-state index is -4.42. The van der Waals surface area contributed by atoms with Crippen LogP contribution in [-0.2, 0) is 17.3 Å². The molecule has 3 aromatic rings. The summed E-state index contributed by atoms with van der Waals surface area (Å²) in [7, 11) is 1.75. The van der Waals surface area contributed by atoms with Crippen LogP contribution >= 0.6 is 0 Å². The van der Waals surface area contributed by atoms with Gasteiger partial charge in [0, 0.05) is 13.7 Å². The van der Waals surface area contributed by atoms with E-state index in [1.807, 2.05) is 12.1 Å². The maximum atomic E-state index is 12.2. The summed E-state index contributed by atoms with van der Waals surface area (Å²) < 4.78 is 47.5. The van der Waals surface area contributed by atoms with Crippen molar-refractivity contribution in [3.8, 4) is 5.75 Å². The van der Waals surface area contributed by atoms with Gasteiger partial charge in [0.15, 0.2) is 0 Å². The summed E-state index contributed by atoms with van der Waals surface area (Å²) >= 11 is 0. The monoisotopic (exact) mass is 394 g/mol. The van der Waals surface area contributed by atoms with Crippen LogP contribution in [0.3, 0.4) is 0 Å². The normalized spacial score (nSPS) is 16.1. The van der Waals surface area contributed by atoms with Gasteiger partial charge in [0.1, 0.15) is 29.2 Å². The second-order valence-electron chi connectivity index (χ2n) is 6.47. The van der Waals surface area contributed by atoms with Crippen LogP contribution in [0.2, 0.25) is 0 Å². The van der Waals surface area contributed by atoms with Gasteiger partial charge >= 0.3 is 6.18 Å². The molecule has 0 bridgehead atoms. The summed E-state index contributed by atoms with van der Waals surface area (Å²) in [6.07, 6.45) is -1.11. The van der Waals surface area contributed by atoms with Crippen LogP contribution in [0.15, 0.2) is 36.7 Å². The van der Waals surface area contributed by atoms with Crippen molar-refractivity contribution in [2.45, 2.75) is 19.0 Å². The highest BCUT2D eigenvalue weighted by atomic mass is 19.4. The SMILES string of the molecule is COCCC1COc2ccccc2C1.Nc1ncnc2[nH]c(C(F)(F)F)cc12. The number of fused-ring (bicyclic) bond motifs is 2. The molecule has 0 radical (unpaired) electrons. The molecule has 4 rings (SSSR count). The number of hydrogen-bond donors (Lipinski definition) is 2. The van der Waals surface area contributed by atoms with Gasteiger partial charge in [-0.1, -0.05) is 18.2 Å². The average Bonchev–Trinajstić information content (AvgIpc) is 3.13. The molecule has 0 saturated carbocycles. The van der Waals surface area contributed by atoms with Crippen molar-refractivity contribution < 1.29 is 22.6 Å². The Bertz CT molecular complexity index is 927. The van der Waals surface area contributed by atoms with Gasteiger partial charge in [-0.3, -0.25) is 0 Å². The van der Waals surface area contributed by atoms with Crippen molar-refractivity contribution in [1.82, 2.24) is 15.0 Å². The molecule has 9 heteroatoms. The number of aromatic amines is 1. The zero-order chi connectivity index (χ0) is 20.1. The molecular weight excluding hydrogens is 373 g/mol. The summed E-state index contributed by atoms with van der Waals surface area (Å²) in [6, 6.07) is 9.18. The molecule has 1 unspecified atom stereocenters. The highest BCUT2D eigenvalue weighted by molar-refractivity contribution is 5.86. The summed E-state index contributed by atoms with van der Waals surface area (Å²) in [6.45, 7) is 1.66. The molecule has 0 fully saturated rings. The maximum Gasteiger partial charge on any atom is 0.431 e. The predicted octanol–water partition coefficient (Wildman–Crippen LogP) is 3.83. The number of benzene rings is 1. The predicted molar refractivity (Wildman–Crippen MR) is 98.9 cm³/mol. The van der Waals surface area contributed by atoms with Crippen LogP contribution in [0.4, 0.5) is 19.0 Å². The van der Waals surface area contributed by atoms with E-state index in [-0.39, 0.29) is 16.9 Å². The van der Waals surface area contributed by atoms with Crippen molar-refractivity contribution in [2.75, 3.05) is 26.1 Å². The Morgan fingerprint density at radius 1 is 1.29 bits per heavy atom. The Morgan fingerprint density at radius 2 is 2.07 bits per heavy atom. The molecule has 1 aliphatic heterocycles. The number of alkyl halides is 3. The highest BCUT2D eigenvalue weighted by Gasteiger charge is 2.33. The van der Waals surface area contributed by atoms with Crippen LogP contribution < -0.4 is 10.5 Å². The number of halogens is 3. The summed E-state index contributed by atoms with van der Waals surface area (Å²) in [5.41, 5.74) is 5.92. The van der Waals surface area contributed by atoms with Gasteiger partial charge in [-0.05, 0) is 36.5 Å². The van der Waals surface area contributed by atoms with Crippen LogP contribution in [0.25, 0.3) is 11.0 Å². The second-order valence-corrected chi connectivity index (χ2v) is 6.47. The Kier molecular flexibility index (Phi) is 6.03. The fourth-order valence-electron chi connectivity index (χ4n) is 2.97. The number of rotatable bonds is 3. The minimum absolute atomic E-state index is 0.0294. The van der Waals surface area contributed by atoms with E-state index >= 15 is 0 Å². The Labute approximate surface area is 159 Å². The van der Waals surface area contributed by atoms with E-state index in [2.05, 4.69) is 27.1 Å². The Balaban J connectivity index is 0.000000161. The van der Waals surface area contributed by atoms with Crippen LogP contribution in [0.5, 0.6) is 5.75 Å². The number of ether oxygens (including phenoxy) is 2. The molecule has 2 aromatic heterocycles. The third kappa shape index (κ3) is 4.72. The van der Waals surface area contributed by atoms with E-state index in [0.29, 0.717) is 5.92 Å². The number of para-hydroxylation sites is 1. The first kappa shape index (κ1) is 19.9. The molecule has 0 amide bonds. The highest BCUT2D eigenvalue weighted by Crippen LogP contribution is 2.31. The van der Waals surface area contributed by atoms with Crippen LogP contribution in [-0.4, -0.2) is 35.3 Å². The molecule has 3 heterocycles. The van der Waals surface area contributed by atoms with E-state index in [1.54, 1.807) is 7.11 Å². The Morgan fingerprint density at radius 3 is 2.79 bits per heavy atom. The van der Waals surface area contributed by atoms with Crippen molar-refractivity contribution in [3.05, 3.63) is 47.9 Å². The number of nitrogen functional groups attached to an aromatic ring is 1. The standard InChI is InChI=1S/C12H16O2.C7H5F3N4/c1-13-7-6-10-8-11-4-2-3-5-12(11)14-9-10;8-7(9,10)4-1-3-5(11)12-2-13-6(3)14-4/h2-5,10H,6-9H2,1H3;1-2H,(H3,11,12,13,14). The molecule has 1 atom stereocenters. The number of nitrogens with one attached hydrogen (secondary N) is 1. The van der Waals surface area contributed by atoms with Gasteiger partial charge in [-0.2, -0.15) is 13.2 Å². The summed E-state index contributed by atoms with van der Waals surface area (Å²) in [4.78, 5) is 9.33. The van der Waals surface area contributed by atoms with Crippen LogP contribution in [0.1, 0.15) is 17.7 Å². The number of nitrogens with zero attached hydrogens (tertiary/aromatic N) is 2. The van der Waals surface area contributed by atoms with Crippen molar-refractivity contribution in [2.24, 2.45) is 5.92 Å². The van der Waals surface area contributed by atoms with Gasteiger partial charge in [0.05, 0.1) is 12.0 Å². The molecule has 3 N–H and O–H groups in total. The quantitative estimate of drug-likeness (QED) is 0.705. The van der Waals surface area contributed by atoms with Crippen LogP contribution in [0, 0.1) is 5.92 Å². The maximum absolute atomic E-state index is 12.2. The fraction of sp³-hybridized carbons (Fsp3) is 0.368. The lowest BCUT2D eigenvalue weighted by molar-refractivity contribution is -0.140. The first-order valence-corrected chi connectivity index (χ1v) is 8.74. The molecule has 0 aliphatic carbocycles. The zero-order valence-corrected chi connectivity index (χ0v) is 15.3. The summed E-state index contributed by atoms with van der Waals surface area (Å²) in [5.74, 6) is 1.70. The topological polar surface area (TPSA) is 86.1 Å².